The van der Waals surface area contributed by atoms with Crippen LogP contribution in [0.15, 0.2) is 71.6 Å². The fourth-order valence-electron chi connectivity index (χ4n) is 3.50. The van der Waals surface area contributed by atoms with Crippen LogP contribution in [0.1, 0.15) is 36.5 Å². The van der Waals surface area contributed by atoms with Crippen molar-refractivity contribution in [3.05, 3.63) is 93.5 Å². The molecule has 174 valence electrons. The number of carbonyl (C=O) groups excluding carboxylic acids is 1. The monoisotopic (exact) mass is 504 g/mol. The summed E-state index contributed by atoms with van der Waals surface area (Å²) >= 11 is 12.0. The van der Waals surface area contributed by atoms with Gasteiger partial charge in [-0.05, 0) is 65.9 Å². The molecule has 5 nitrogen and oxygen atoms in total. The largest absolute Gasteiger partial charge is 0.324 e. The average Bonchev–Trinajstić information content (AvgIpc) is 2.75. The Morgan fingerprint density at radius 3 is 2.27 bits per heavy atom. The first-order valence-electron chi connectivity index (χ1n) is 10.5. The second-order valence-electron chi connectivity index (χ2n) is 8.10. The molecule has 0 radical (unpaired) electrons. The van der Waals surface area contributed by atoms with Crippen molar-refractivity contribution in [2.45, 2.75) is 38.1 Å². The van der Waals surface area contributed by atoms with Crippen LogP contribution in [0, 0.1) is 6.92 Å². The number of aryl methyl sites for hydroxylation is 1. The second kappa shape index (κ2) is 10.7. The number of benzene rings is 3. The van der Waals surface area contributed by atoms with Gasteiger partial charge in [0.05, 0.1) is 11.4 Å². The van der Waals surface area contributed by atoms with Gasteiger partial charge in [-0.15, -0.1) is 0 Å². The predicted octanol–water partition coefficient (Wildman–Crippen LogP) is 6.25. The maximum Gasteiger partial charge on any atom is 0.243 e. The molecule has 0 saturated heterocycles. The number of carbonyl (C=O) groups is 1. The van der Waals surface area contributed by atoms with E-state index in [2.05, 4.69) is 5.32 Å². The molecule has 0 aromatic heterocycles. The average molecular weight is 505 g/mol. The van der Waals surface area contributed by atoms with Crippen molar-refractivity contribution in [2.24, 2.45) is 0 Å². The zero-order valence-corrected chi connectivity index (χ0v) is 21.0. The van der Waals surface area contributed by atoms with Gasteiger partial charge >= 0.3 is 0 Å². The first kappa shape index (κ1) is 25.2. The minimum absolute atomic E-state index is 0.0102. The Labute approximate surface area is 205 Å². The van der Waals surface area contributed by atoms with Crippen molar-refractivity contribution in [3.63, 3.8) is 0 Å². The Bertz CT molecular complexity index is 1240. The Balaban J connectivity index is 1.93. The highest BCUT2D eigenvalue weighted by molar-refractivity contribution is 7.89. The molecule has 0 aliphatic heterocycles. The van der Waals surface area contributed by atoms with Crippen LogP contribution >= 0.6 is 23.2 Å². The number of hydrogen-bond acceptors (Lipinski definition) is 3. The SMILES string of the molecule is Cc1cccc(C(C)C)c1NC(=O)CN(Cc1cccc(Cl)c1)S(=O)(=O)c1ccc(Cl)cc1. The van der Waals surface area contributed by atoms with E-state index in [0.717, 1.165) is 15.4 Å². The fourth-order valence-corrected chi connectivity index (χ4v) is 5.23. The highest BCUT2D eigenvalue weighted by Gasteiger charge is 2.27. The normalized spacial score (nSPS) is 11.7. The van der Waals surface area contributed by atoms with Crippen LogP contribution in [0.4, 0.5) is 5.69 Å². The summed E-state index contributed by atoms with van der Waals surface area (Å²) in [5.41, 5.74) is 3.29. The molecular formula is C25H26Cl2N2O3S. The summed E-state index contributed by atoms with van der Waals surface area (Å²) in [5, 5.41) is 3.84. The first-order valence-corrected chi connectivity index (χ1v) is 12.7. The van der Waals surface area contributed by atoms with Crippen LogP contribution in [-0.2, 0) is 21.4 Å². The number of nitrogens with one attached hydrogen (secondary N) is 1. The molecule has 1 N–H and O–H groups in total. The van der Waals surface area contributed by atoms with Gasteiger partial charge < -0.3 is 5.32 Å². The van der Waals surface area contributed by atoms with Gasteiger partial charge in [0.2, 0.25) is 15.9 Å². The lowest BCUT2D eigenvalue weighted by Gasteiger charge is -2.23. The van der Waals surface area contributed by atoms with Crippen molar-refractivity contribution < 1.29 is 13.2 Å². The van der Waals surface area contributed by atoms with Gasteiger partial charge in [0, 0.05) is 22.3 Å². The van der Waals surface area contributed by atoms with Crippen LogP contribution < -0.4 is 5.32 Å². The third-order valence-electron chi connectivity index (χ3n) is 5.21. The summed E-state index contributed by atoms with van der Waals surface area (Å²) in [4.78, 5) is 13.1. The maximum atomic E-state index is 13.4. The number of nitrogens with zero attached hydrogens (tertiary/aromatic N) is 1. The minimum Gasteiger partial charge on any atom is -0.324 e. The molecule has 3 rings (SSSR count). The lowest BCUT2D eigenvalue weighted by Crippen LogP contribution is -2.37. The third kappa shape index (κ3) is 6.36. The van der Waals surface area contributed by atoms with Gasteiger partial charge in [0.25, 0.3) is 0 Å². The van der Waals surface area contributed by atoms with Crippen molar-refractivity contribution >= 4 is 44.8 Å². The quantitative estimate of drug-likeness (QED) is 0.393. The van der Waals surface area contributed by atoms with E-state index in [1.165, 1.54) is 24.3 Å². The highest BCUT2D eigenvalue weighted by Crippen LogP contribution is 2.28. The van der Waals surface area contributed by atoms with Crippen LogP contribution in [-0.4, -0.2) is 25.2 Å². The predicted molar refractivity (Wildman–Crippen MR) is 134 cm³/mol. The highest BCUT2D eigenvalue weighted by atomic mass is 35.5. The molecule has 0 bridgehead atoms. The first-order chi connectivity index (χ1) is 15.6. The Morgan fingerprint density at radius 1 is 0.970 bits per heavy atom. The molecule has 0 aliphatic carbocycles. The van der Waals surface area contributed by atoms with Crippen LogP contribution in [0.2, 0.25) is 10.0 Å². The van der Waals surface area contributed by atoms with E-state index < -0.39 is 15.9 Å². The van der Waals surface area contributed by atoms with Crippen molar-refractivity contribution in [3.8, 4) is 0 Å². The van der Waals surface area contributed by atoms with E-state index >= 15 is 0 Å². The van der Waals surface area contributed by atoms with Crippen molar-refractivity contribution in [1.29, 1.82) is 0 Å². The molecule has 0 atom stereocenters. The number of anilines is 1. The van der Waals surface area contributed by atoms with Crippen molar-refractivity contribution in [2.75, 3.05) is 11.9 Å². The van der Waals surface area contributed by atoms with Gasteiger partial charge in [-0.3, -0.25) is 4.79 Å². The number of sulfonamides is 1. The van der Waals surface area contributed by atoms with Crippen LogP contribution in [0.25, 0.3) is 0 Å². The van der Waals surface area contributed by atoms with E-state index in [-0.39, 0.29) is 23.9 Å². The molecule has 1 amide bonds. The number of amides is 1. The molecule has 0 fully saturated rings. The molecule has 0 heterocycles. The Kier molecular flexibility index (Phi) is 8.19. The van der Waals surface area contributed by atoms with E-state index in [1.54, 1.807) is 24.3 Å². The van der Waals surface area contributed by atoms with Gasteiger partial charge in [0.1, 0.15) is 0 Å². The van der Waals surface area contributed by atoms with E-state index in [1.807, 2.05) is 39.0 Å². The van der Waals surface area contributed by atoms with Crippen molar-refractivity contribution in [1.82, 2.24) is 4.31 Å². The number of rotatable bonds is 8. The lowest BCUT2D eigenvalue weighted by molar-refractivity contribution is -0.116. The Morgan fingerprint density at radius 2 is 1.64 bits per heavy atom. The molecular weight excluding hydrogens is 479 g/mol. The topological polar surface area (TPSA) is 66.5 Å². The fraction of sp³-hybridized carbons (Fsp3) is 0.240. The molecule has 33 heavy (non-hydrogen) atoms. The molecule has 0 unspecified atom stereocenters. The van der Waals surface area contributed by atoms with Gasteiger partial charge in [-0.2, -0.15) is 4.31 Å². The van der Waals surface area contributed by atoms with E-state index in [4.69, 9.17) is 23.2 Å². The second-order valence-corrected chi connectivity index (χ2v) is 10.9. The molecule has 8 heteroatoms. The molecule has 3 aromatic rings. The van der Waals surface area contributed by atoms with Crippen LogP contribution in [0.5, 0.6) is 0 Å². The molecule has 3 aromatic carbocycles. The molecule has 0 saturated carbocycles. The summed E-state index contributed by atoms with van der Waals surface area (Å²) < 4.78 is 28.0. The smallest absolute Gasteiger partial charge is 0.243 e. The number of para-hydroxylation sites is 1. The number of hydrogen-bond donors (Lipinski definition) is 1. The number of halogens is 2. The lowest BCUT2D eigenvalue weighted by atomic mass is 9.98. The zero-order chi connectivity index (χ0) is 24.2. The summed E-state index contributed by atoms with van der Waals surface area (Å²) in [6, 6.07) is 18.6. The standard InChI is InChI=1S/C25H26Cl2N2O3S/c1-17(2)23-9-4-6-18(3)25(23)28-24(30)16-29(15-19-7-5-8-21(27)14-19)33(31,32)22-12-10-20(26)11-13-22/h4-14,17H,15-16H2,1-3H3,(H,28,30). The molecule has 0 spiro atoms. The maximum absolute atomic E-state index is 13.4. The molecule has 0 aliphatic rings. The minimum atomic E-state index is -3.98. The zero-order valence-electron chi connectivity index (χ0n) is 18.7. The van der Waals surface area contributed by atoms with E-state index in [9.17, 15) is 13.2 Å². The van der Waals surface area contributed by atoms with E-state index in [0.29, 0.717) is 21.3 Å². The Hall–Kier alpha value is -2.38. The summed E-state index contributed by atoms with van der Waals surface area (Å²) in [6.07, 6.45) is 0. The summed E-state index contributed by atoms with van der Waals surface area (Å²) in [5.74, 6) is -0.230. The van der Waals surface area contributed by atoms with Gasteiger partial charge in [0.15, 0.2) is 0 Å². The van der Waals surface area contributed by atoms with Gasteiger partial charge in [-0.25, -0.2) is 8.42 Å². The summed E-state index contributed by atoms with van der Waals surface area (Å²) in [7, 11) is -3.98. The van der Waals surface area contributed by atoms with Crippen LogP contribution in [0.3, 0.4) is 0 Å². The van der Waals surface area contributed by atoms with Gasteiger partial charge in [-0.1, -0.05) is 67.4 Å². The third-order valence-corrected chi connectivity index (χ3v) is 7.50. The summed E-state index contributed by atoms with van der Waals surface area (Å²) in [6.45, 7) is 5.63.